The third kappa shape index (κ3) is 5.76. The summed E-state index contributed by atoms with van der Waals surface area (Å²) in [4.78, 5) is 50.3. The molecule has 3 rings (SSSR count). The van der Waals surface area contributed by atoms with Gasteiger partial charge < -0.3 is 15.4 Å². The predicted molar refractivity (Wildman–Crippen MR) is 122 cm³/mol. The highest BCUT2D eigenvalue weighted by Gasteiger charge is 2.34. The molecule has 0 aliphatic carbocycles. The molecule has 0 unspecified atom stereocenters. The average Bonchev–Trinajstić information content (AvgIpc) is 3.05. The van der Waals surface area contributed by atoms with Gasteiger partial charge in [-0.05, 0) is 54.1 Å². The van der Waals surface area contributed by atoms with E-state index in [0.717, 1.165) is 27.8 Å². The van der Waals surface area contributed by atoms with E-state index in [-0.39, 0.29) is 25.5 Å². The van der Waals surface area contributed by atoms with Crippen LogP contribution in [0.3, 0.4) is 0 Å². The first-order valence-corrected chi connectivity index (χ1v) is 10.7. The van der Waals surface area contributed by atoms with Crippen LogP contribution in [0.2, 0.25) is 0 Å². The zero-order valence-electron chi connectivity index (χ0n) is 17.7. The van der Waals surface area contributed by atoms with Gasteiger partial charge in [0.1, 0.15) is 5.75 Å². The second kappa shape index (κ2) is 10.6. The molecule has 1 saturated heterocycles. The van der Waals surface area contributed by atoms with Crippen molar-refractivity contribution in [1.82, 2.24) is 15.5 Å². The molecular formula is C23H23N3O5S. The first-order valence-electron chi connectivity index (χ1n) is 9.89. The van der Waals surface area contributed by atoms with E-state index in [1.54, 1.807) is 49.6 Å². The second-order valence-corrected chi connectivity index (χ2v) is 7.95. The molecule has 0 atom stereocenters. The third-order valence-electron chi connectivity index (χ3n) is 4.74. The fourth-order valence-electron chi connectivity index (χ4n) is 3.00. The summed E-state index contributed by atoms with van der Waals surface area (Å²) >= 11 is 0.856. The zero-order chi connectivity index (χ0) is 23.1. The minimum atomic E-state index is -0.410. The van der Waals surface area contributed by atoms with Gasteiger partial charge in [0, 0.05) is 18.7 Å². The molecule has 9 heteroatoms. The number of imide groups is 1. The molecule has 0 radical (unpaired) electrons. The van der Waals surface area contributed by atoms with Gasteiger partial charge in [-0.3, -0.25) is 24.1 Å². The van der Waals surface area contributed by atoms with E-state index in [4.69, 9.17) is 4.74 Å². The molecule has 1 fully saturated rings. The molecule has 2 N–H and O–H groups in total. The van der Waals surface area contributed by atoms with Gasteiger partial charge in [0.25, 0.3) is 17.1 Å². The first kappa shape index (κ1) is 23.1. The van der Waals surface area contributed by atoms with Crippen molar-refractivity contribution in [1.29, 1.82) is 0 Å². The smallest absolute Gasteiger partial charge is 0.293 e. The second-order valence-electron chi connectivity index (χ2n) is 6.95. The van der Waals surface area contributed by atoms with Crippen LogP contribution in [0.4, 0.5) is 4.79 Å². The van der Waals surface area contributed by atoms with Crippen LogP contribution in [-0.4, -0.2) is 54.6 Å². The van der Waals surface area contributed by atoms with Crippen molar-refractivity contribution in [2.45, 2.75) is 6.92 Å². The summed E-state index contributed by atoms with van der Waals surface area (Å²) in [5, 5.41) is 4.77. The molecule has 166 valence electrons. The lowest BCUT2D eigenvalue weighted by molar-refractivity contribution is -0.124. The number of nitrogens with one attached hydrogen (secondary N) is 2. The Hall–Kier alpha value is -3.59. The quantitative estimate of drug-likeness (QED) is 0.596. The van der Waals surface area contributed by atoms with Gasteiger partial charge in [-0.2, -0.15) is 0 Å². The predicted octanol–water partition coefficient (Wildman–Crippen LogP) is 2.59. The van der Waals surface area contributed by atoms with E-state index in [9.17, 15) is 19.2 Å². The summed E-state index contributed by atoms with van der Waals surface area (Å²) in [6.45, 7) is 1.75. The highest BCUT2D eigenvalue weighted by molar-refractivity contribution is 8.18. The molecule has 4 amide bonds. The summed E-state index contributed by atoms with van der Waals surface area (Å²) in [6, 6.07) is 14.2. The summed E-state index contributed by atoms with van der Waals surface area (Å²) in [6.07, 6.45) is 1.64. The largest absolute Gasteiger partial charge is 0.497 e. The number of amides is 4. The third-order valence-corrected chi connectivity index (χ3v) is 5.65. The number of benzene rings is 2. The monoisotopic (exact) mass is 453 g/mol. The highest BCUT2D eigenvalue weighted by atomic mass is 32.2. The topological polar surface area (TPSA) is 105 Å². The van der Waals surface area contributed by atoms with Gasteiger partial charge in [0.2, 0.25) is 5.91 Å². The number of hydrogen-bond donors (Lipinski definition) is 2. The Morgan fingerprint density at radius 3 is 2.47 bits per heavy atom. The van der Waals surface area contributed by atoms with Gasteiger partial charge in [-0.1, -0.05) is 30.3 Å². The standard InChI is InChI=1S/C23H23N3O5S/c1-15-5-3-4-6-18(15)21(28)25-14-20(27)24-11-12-26-22(29)19(32-23(26)30)13-16-7-9-17(31-2)10-8-16/h3-10,13H,11-12,14H2,1-2H3,(H,24,27)(H,25,28)/b19-13-. The van der Waals surface area contributed by atoms with Gasteiger partial charge in [0.15, 0.2) is 0 Å². The van der Waals surface area contributed by atoms with E-state index in [1.807, 2.05) is 19.1 Å². The van der Waals surface area contributed by atoms with Crippen molar-refractivity contribution in [3.8, 4) is 5.75 Å². The molecule has 1 aliphatic rings. The van der Waals surface area contributed by atoms with Crippen LogP contribution in [0.15, 0.2) is 53.4 Å². The lowest BCUT2D eigenvalue weighted by atomic mass is 10.1. The Bertz CT molecular complexity index is 1070. The van der Waals surface area contributed by atoms with E-state index < -0.39 is 17.1 Å². The summed E-state index contributed by atoms with van der Waals surface area (Å²) in [5.74, 6) is -0.459. The number of thioether (sulfide) groups is 1. The van der Waals surface area contributed by atoms with E-state index in [1.165, 1.54) is 0 Å². The molecule has 0 saturated carbocycles. The lowest BCUT2D eigenvalue weighted by Gasteiger charge is -2.13. The Balaban J connectivity index is 1.47. The van der Waals surface area contributed by atoms with Crippen LogP contribution in [0.25, 0.3) is 6.08 Å². The molecule has 2 aromatic rings. The van der Waals surface area contributed by atoms with Crippen molar-refractivity contribution in [3.63, 3.8) is 0 Å². The van der Waals surface area contributed by atoms with E-state index in [0.29, 0.717) is 16.2 Å². The number of nitrogens with zero attached hydrogens (tertiary/aromatic N) is 1. The zero-order valence-corrected chi connectivity index (χ0v) is 18.5. The van der Waals surface area contributed by atoms with Crippen LogP contribution in [0, 0.1) is 6.92 Å². The fourth-order valence-corrected chi connectivity index (χ4v) is 3.86. The van der Waals surface area contributed by atoms with Crippen LogP contribution in [0.1, 0.15) is 21.5 Å². The maximum Gasteiger partial charge on any atom is 0.293 e. The molecule has 32 heavy (non-hydrogen) atoms. The minimum absolute atomic E-state index is 0.0437. The van der Waals surface area contributed by atoms with Gasteiger partial charge in [-0.15, -0.1) is 0 Å². The molecule has 0 aromatic heterocycles. The Kier molecular flexibility index (Phi) is 7.67. The number of carbonyl (C=O) groups excluding carboxylic acids is 4. The van der Waals surface area contributed by atoms with Crippen molar-refractivity contribution in [2.24, 2.45) is 0 Å². The van der Waals surface area contributed by atoms with Crippen LogP contribution in [-0.2, 0) is 9.59 Å². The van der Waals surface area contributed by atoms with Crippen LogP contribution >= 0.6 is 11.8 Å². The first-order chi connectivity index (χ1) is 15.4. The van der Waals surface area contributed by atoms with Crippen molar-refractivity contribution < 1.29 is 23.9 Å². The van der Waals surface area contributed by atoms with Crippen molar-refractivity contribution >= 4 is 40.8 Å². The van der Waals surface area contributed by atoms with Crippen molar-refractivity contribution in [2.75, 3.05) is 26.7 Å². The Labute approximate surface area is 190 Å². The van der Waals surface area contributed by atoms with Gasteiger partial charge >= 0.3 is 0 Å². The minimum Gasteiger partial charge on any atom is -0.497 e. The van der Waals surface area contributed by atoms with E-state index >= 15 is 0 Å². The molecule has 0 bridgehead atoms. The van der Waals surface area contributed by atoms with Crippen LogP contribution in [0.5, 0.6) is 5.75 Å². The fraction of sp³-hybridized carbons (Fsp3) is 0.217. The van der Waals surface area contributed by atoms with Crippen molar-refractivity contribution in [3.05, 3.63) is 70.1 Å². The molecule has 8 nitrogen and oxygen atoms in total. The maximum atomic E-state index is 12.5. The maximum absolute atomic E-state index is 12.5. The Morgan fingerprint density at radius 2 is 1.78 bits per heavy atom. The summed E-state index contributed by atoms with van der Waals surface area (Å²) in [7, 11) is 1.57. The van der Waals surface area contributed by atoms with Gasteiger partial charge in [-0.25, -0.2) is 0 Å². The molecule has 1 aliphatic heterocycles. The van der Waals surface area contributed by atoms with Crippen LogP contribution < -0.4 is 15.4 Å². The number of hydrogen-bond acceptors (Lipinski definition) is 6. The lowest BCUT2D eigenvalue weighted by Crippen LogP contribution is -2.41. The normalized spacial score (nSPS) is 14.6. The van der Waals surface area contributed by atoms with Gasteiger partial charge in [0.05, 0.1) is 18.6 Å². The number of ether oxygens (including phenoxy) is 1. The summed E-state index contributed by atoms with van der Waals surface area (Å²) < 4.78 is 5.10. The van der Waals surface area contributed by atoms with E-state index in [2.05, 4.69) is 10.6 Å². The summed E-state index contributed by atoms with van der Waals surface area (Å²) in [5.41, 5.74) is 2.09. The highest BCUT2D eigenvalue weighted by Crippen LogP contribution is 2.32. The molecule has 0 spiro atoms. The SMILES string of the molecule is COc1ccc(/C=C2\SC(=O)N(CCNC(=O)CNC(=O)c3ccccc3C)C2=O)cc1. The molecule has 1 heterocycles. The number of rotatable bonds is 8. The molecular weight excluding hydrogens is 430 g/mol. The average molecular weight is 454 g/mol. The number of methoxy groups -OCH3 is 1. The Morgan fingerprint density at radius 1 is 1.06 bits per heavy atom. The number of aryl methyl sites for hydroxylation is 1. The number of carbonyl (C=O) groups is 4. The molecule has 2 aromatic carbocycles.